The number of nitrogen functional groups attached to an aromatic ring is 1. The fourth-order valence-electron chi connectivity index (χ4n) is 2.94. The van der Waals surface area contributed by atoms with Crippen molar-refractivity contribution in [2.75, 3.05) is 32.4 Å². The summed E-state index contributed by atoms with van der Waals surface area (Å²) < 4.78 is 0. The molecule has 0 bridgehead atoms. The Balaban J connectivity index is 1.74. The van der Waals surface area contributed by atoms with Crippen LogP contribution in [0, 0.1) is 0 Å². The number of nitrogens with one attached hydrogen (secondary N) is 1. The van der Waals surface area contributed by atoms with Crippen molar-refractivity contribution >= 4 is 5.69 Å². The topological polar surface area (TPSA) is 41.3 Å². The van der Waals surface area contributed by atoms with Gasteiger partial charge in [-0.05, 0) is 30.7 Å². The van der Waals surface area contributed by atoms with Crippen molar-refractivity contribution in [3.8, 4) is 11.1 Å². The second kappa shape index (κ2) is 6.29. The number of hydrogen-bond acceptors (Lipinski definition) is 3. The summed E-state index contributed by atoms with van der Waals surface area (Å²) in [7, 11) is 2.21. The predicted molar refractivity (Wildman–Crippen MR) is 89.3 cm³/mol. The summed E-state index contributed by atoms with van der Waals surface area (Å²) >= 11 is 0. The van der Waals surface area contributed by atoms with Crippen LogP contribution in [0.4, 0.5) is 5.69 Å². The average molecular weight is 281 g/mol. The minimum Gasteiger partial charge on any atom is -0.398 e. The third kappa shape index (κ3) is 3.26. The molecule has 3 rings (SSSR count). The van der Waals surface area contributed by atoms with E-state index < -0.39 is 0 Å². The van der Waals surface area contributed by atoms with Gasteiger partial charge in [0.1, 0.15) is 0 Å². The van der Waals surface area contributed by atoms with Crippen molar-refractivity contribution in [3.63, 3.8) is 0 Å². The number of rotatable bonds is 3. The molecular formula is C18H23N3. The van der Waals surface area contributed by atoms with E-state index >= 15 is 0 Å². The molecule has 1 heterocycles. The number of nitrogens with zero attached hydrogens (tertiary/aromatic N) is 1. The molecule has 0 radical (unpaired) electrons. The second-order valence-electron chi connectivity index (χ2n) is 5.83. The van der Waals surface area contributed by atoms with E-state index in [1.807, 2.05) is 18.2 Å². The summed E-state index contributed by atoms with van der Waals surface area (Å²) in [4.78, 5) is 2.44. The summed E-state index contributed by atoms with van der Waals surface area (Å²) in [6, 6.07) is 17.4. The minimum atomic E-state index is 0.589. The number of piperazine rings is 1. The lowest BCUT2D eigenvalue weighted by molar-refractivity contribution is 0.199. The number of likely N-dealkylation sites (N-methyl/N-ethyl adjacent to an activating group) is 1. The van der Waals surface area contributed by atoms with Crippen LogP contribution >= 0.6 is 0 Å². The maximum absolute atomic E-state index is 6.04. The Morgan fingerprint density at radius 3 is 2.62 bits per heavy atom. The van der Waals surface area contributed by atoms with E-state index in [1.54, 1.807) is 0 Å². The zero-order valence-corrected chi connectivity index (χ0v) is 12.5. The van der Waals surface area contributed by atoms with E-state index in [-0.39, 0.29) is 0 Å². The Kier molecular flexibility index (Phi) is 4.23. The van der Waals surface area contributed by atoms with Gasteiger partial charge in [-0.3, -0.25) is 0 Å². The Morgan fingerprint density at radius 1 is 1.14 bits per heavy atom. The molecule has 2 aromatic carbocycles. The summed E-state index contributed by atoms with van der Waals surface area (Å²) in [5.41, 5.74) is 10.6. The van der Waals surface area contributed by atoms with Gasteiger partial charge in [-0.1, -0.05) is 42.5 Å². The highest BCUT2D eigenvalue weighted by atomic mass is 15.2. The molecule has 3 N–H and O–H groups in total. The lowest BCUT2D eigenvalue weighted by atomic mass is 9.99. The van der Waals surface area contributed by atoms with Crippen LogP contribution < -0.4 is 11.1 Å². The van der Waals surface area contributed by atoms with Crippen LogP contribution in [0.3, 0.4) is 0 Å². The van der Waals surface area contributed by atoms with E-state index in [2.05, 4.69) is 47.6 Å². The Morgan fingerprint density at radius 2 is 1.90 bits per heavy atom. The van der Waals surface area contributed by atoms with E-state index in [0.29, 0.717) is 6.04 Å². The van der Waals surface area contributed by atoms with Crippen LogP contribution in [-0.4, -0.2) is 37.6 Å². The van der Waals surface area contributed by atoms with Gasteiger partial charge in [0, 0.05) is 36.9 Å². The highest BCUT2D eigenvalue weighted by molar-refractivity contribution is 5.76. The SMILES string of the molecule is CN1CCNCC1Cc1ccc(-c2ccccc2N)cc1. The van der Waals surface area contributed by atoms with Crippen LogP contribution in [0.25, 0.3) is 11.1 Å². The van der Waals surface area contributed by atoms with Gasteiger partial charge >= 0.3 is 0 Å². The molecule has 0 saturated carbocycles. The second-order valence-corrected chi connectivity index (χ2v) is 5.83. The fraction of sp³-hybridized carbons (Fsp3) is 0.333. The Hall–Kier alpha value is -1.84. The van der Waals surface area contributed by atoms with Gasteiger partial charge in [-0.15, -0.1) is 0 Å². The molecule has 21 heavy (non-hydrogen) atoms. The monoisotopic (exact) mass is 281 g/mol. The van der Waals surface area contributed by atoms with Crippen molar-refractivity contribution in [3.05, 3.63) is 54.1 Å². The quantitative estimate of drug-likeness (QED) is 0.849. The molecule has 1 fully saturated rings. The number of hydrogen-bond donors (Lipinski definition) is 2. The number of para-hydroxylation sites is 1. The van der Waals surface area contributed by atoms with Crippen molar-refractivity contribution in [2.45, 2.75) is 12.5 Å². The Labute approximate surface area is 126 Å². The number of benzene rings is 2. The zero-order chi connectivity index (χ0) is 14.7. The van der Waals surface area contributed by atoms with E-state index in [9.17, 15) is 0 Å². The lowest BCUT2D eigenvalue weighted by Gasteiger charge is -2.33. The molecule has 3 heteroatoms. The molecule has 1 aliphatic heterocycles. The highest BCUT2D eigenvalue weighted by Crippen LogP contribution is 2.26. The molecule has 0 aliphatic carbocycles. The third-order valence-corrected chi connectivity index (χ3v) is 4.34. The first-order valence-electron chi connectivity index (χ1n) is 7.59. The van der Waals surface area contributed by atoms with Crippen LogP contribution in [0.5, 0.6) is 0 Å². The Bertz CT molecular complexity index is 592. The van der Waals surface area contributed by atoms with Gasteiger partial charge < -0.3 is 16.0 Å². The number of anilines is 1. The lowest BCUT2D eigenvalue weighted by Crippen LogP contribution is -2.50. The van der Waals surface area contributed by atoms with E-state index in [0.717, 1.165) is 37.3 Å². The van der Waals surface area contributed by atoms with Crippen LogP contribution in [-0.2, 0) is 6.42 Å². The first kappa shape index (κ1) is 14.1. The predicted octanol–water partition coefficient (Wildman–Crippen LogP) is 2.38. The molecule has 0 amide bonds. The van der Waals surface area contributed by atoms with Crippen molar-refractivity contribution < 1.29 is 0 Å². The van der Waals surface area contributed by atoms with Gasteiger partial charge in [0.05, 0.1) is 0 Å². The summed E-state index contributed by atoms with van der Waals surface area (Å²) in [5, 5.41) is 3.47. The maximum atomic E-state index is 6.04. The number of nitrogens with two attached hydrogens (primary N) is 1. The standard InChI is InChI=1S/C18H23N3/c1-21-11-10-20-13-16(21)12-14-6-8-15(9-7-14)17-4-2-3-5-18(17)19/h2-9,16,20H,10-13,19H2,1H3. The van der Waals surface area contributed by atoms with Crippen LogP contribution in [0.2, 0.25) is 0 Å². The average Bonchev–Trinajstić information content (AvgIpc) is 2.51. The third-order valence-electron chi connectivity index (χ3n) is 4.34. The van der Waals surface area contributed by atoms with Gasteiger partial charge in [-0.25, -0.2) is 0 Å². The molecular weight excluding hydrogens is 258 g/mol. The first-order chi connectivity index (χ1) is 10.2. The fourth-order valence-corrected chi connectivity index (χ4v) is 2.94. The zero-order valence-electron chi connectivity index (χ0n) is 12.5. The maximum Gasteiger partial charge on any atom is 0.0393 e. The van der Waals surface area contributed by atoms with Crippen LogP contribution in [0.15, 0.2) is 48.5 Å². The van der Waals surface area contributed by atoms with Crippen molar-refractivity contribution in [2.24, 2.45) is 0 Å². The molecule has 110 valence electrons. The van der Waals surface area contributed by atoms with Crippen LogP contribution in [0.1, 0.15) is 5.56 Å². The molecule has 0 spiro atoms. The van der Waals surface area contributed by atoms with E-state index in [4.69, 9.17) is 5.73 Å². The van der Waals surface area contributed by atoms with Gasteiger partial charge in [0.15, 0.2) is 0 Å². The smallest absolute Gasteiger partial charge is 0.0393 e. The van der Waals surface area contributed by atoms with E-state index in [1.165, 1.54) is 11.1 Å². The van der Waals surface area contributed by atoms with Gasteiger partial charge in [-0.2, -0.15) is 0 Å². The summed E-state index contributed by atoms with van der Waals surface area (Å²) in [5.74, 6) is 0. The van der Waals surface area contributed by atoms with Gasteiger partial charge in [0.2, 0.25) is 0 Å². The first-order valence-corrected chi connectivity index (χ1v) is 7.59. The van der Waals surface area contributed by atoms with Crippen molar-refractivity contribution in [1.29, 1.82) is 0 Å². The summed E-state index contributed by atoms with van der Waals surface area (Å²) in [6.45, 7) is 3.30. The summed E-state index contributed by atoms with van der Waals surface area (Å²) in [6.07, 6.45) is 1.09. The largest absolute Gasteiger partial charge is 0.398 e. The molecule has 0 aromatic heterocycles. The van der Waals surface area contributed by atoms with Crippen molar-refractivity contribution in [1.82, 2.24) is 10.2 Å². The minimum absolute atomic E-state index is 0.589. The van der Waals surface area contributed by atoms with Gasteiger partial charge in [0.25, 0.3) is 0 Å². The molecule has 1 atom stereocenters. The molecule has 1 unspecified atom stereocenters. The highest BCUT2D eigenvalue weighted by Gasteiger charge is 2.18. The molecule has 1 aliphatic rings. The normalized spacial score (nSPS) is 19.6. The molecule has 1 saturated heterocycles. The molecule has 3 nitrogen and oxygen atoms in total. The molecule has 2 aromatic rings.